The van der Waals surface area contributed by atoms with E-state index in [0.29, 0.717) is 41.7 Å². The van der Waals surface area contributed by atoms with Crippen LogP contribution in [-0.4, -0.2) is 172 Å². The number of benzene rings is 2. The Labute approximate surface area is 418 Å². The number of ketones is 1. The maximum Gasteiger partial charge on any atom is 0.794 e. The van der Waals surface area contributed by atoms with Gasteiger partial charge in [0, 0.05) is 20.7 Å². The Morgan fingerprint density at radius 3 is 1.66 bits per heavy atom. The van der Waals surface area contributed by atoms with Crippen molar-refractivity contribution in [2.24, 2.45) is 0 Å². The van der Waals surface area contributed by atoms with Gasteiger partial charge in [0.05, 0.1) is 21.9 Å². The maximum absolute atomic E-state index is 11.8. The van der Waals surface area contributed by atoms with Gasteiger partial charge in [0.1, 0.15) is 61.3 Å². The molecule has 28 heteroatoms. The number of hydrogen-bond acceptors (Lipinski definition) is 22. The van der Waals surface area contributed by atoms with Gasteiger partial charge in [0.15, 0.2) is 21.2 Å². The second-order valence-electron chi connectivity index (χ2n) is 14.7. The smallest absolute Gasteiger partial charge is 0.506 e. The van der Waals surface area contributed by atoms with Crippen molar-refractivity contribution in [3.8, 4) is 11.5 Å². The van der Waals surface area contributed by atoms with Crippen LogP contribution in [0.4, 0.5) is 11.4 Å². The van der Waals surface area contributed by atoms with Gasteiger partial charge in [-0.3, -0.25) is 28.8 Å². The molecule has 28 nitrogen and oxygen atoms in total. The van der Waals surface area contributed by atoms with E-state index in [0.717, 1.165) is 0 Å². The quantitative estimate of drug-likeness (QED) is 0.0565. The molecule has 2 heterocycles. The van der Waals surface area contributed by atoms with Crippen LogP contribution in [0.3, 0.4) is 0 Å². The molecule has 0 bridgehead atoms. The van der Waals surface area contributed by atoms with E-state index in [4.69, 9.17) is 52.8 Å². The lowest BCUT2D eigenvalue weighted by Crippen LogP contribution is -2.61. The van der Waals surface area contributed by atoms with Crippen molar-refractivity contribution in [3.63, 3.8) is 0 Å². The monoisotopic (exact) mass is 1040 g/mol. The van der Waals surface area contributed by atoms with Gasteiger partial charge in [0.25, 0.3) is 12.9 Å². The van der Waals surface area contributed by atoms with Crippen molar-refractivity contribution in [1.29, 1.82) is 0 Å². The van der Waals surface area contributed by atoms with E-state index in [9.17, 15) is 58.8 Å². The van der Waals surface area contributed by atoms with Crippen LogP contribution in [0.15, 0.2) is 72.5 Å². The van der Waals surface area contributed by atoms with Gasteiger partial charge in [-0.2, -0.15) is 0 Å². The number of ether oxygens (including phenoxy) is 5. The van der Waals surface area contributed by atoms with Gasteiger partial charge in [-0.1, -0.05) is 45.6 Å². The Kier molecular flexibility index (Phi) is 26.3. The Bertz CT molecular complexity index is 2410. The van der Waals surface area contributed by atoms with E-state index >= 15 is 0 Å². The Balaban J connectivity index is 0.00000102. The summed E-state index contributed by atoms with van der Waals surface area (Å²) in [5.74, 6) is -4.15. The van der Waals surface area contributed by atoms with Crippen LogP contribution in [0.1, 0.15) is 55.3 Å². The van der Waals surface area contributed by atoms with Gasteiger partial charge in [-0.15, -0.1) is 0 Å². The molecule has 14 N–H and O–H groups in total. The average Bonchev–Trinajstić information content (AvgIpc) is 3.36. The topological polar surface area (TPSA) is 458 Å². The number of nitrogens with one attached hydrogen (secondary N) is 3. The Morgan fingerprint density at radius 2 is 1.16 bits per heavy atom. The number of carbonyl (C=O) groups is 8. The average molecular weight is 1040 g/mol. The van der Waals surface area contributed by atoms with Crippen LogP contribution < -0.4 is 20.7 Å². The first-order valence-corrected chi connectivity index (χ1v) is 21.1. The van der Waals surface area contributed by atoms with Crippen molar-refractivity contribution in [2.45, 2.75) is 115 Å². The molecule has 2 saturated heterocycles. The SMILES string of the molecule is C=C1C=CC(=O)C(NC(=O)CC)=C1.O=C(O)C1O[C@@H](O)C(O)[C@@H](O)[C@@H]1O.O=[C+]O.[2HH].[2H]C(=O)OCc1ccc(O)c(NC(=O)CC)c1.[2H]C(=O)OCc1ccc(O[C@@H]2OC(C(=O)O)[C@@H](O)[C@H](O)C2O)c(NC(=O)CC)c1. The van der Waals surface area contributed by atoms with Crippen LogP contribution in [0, 0.1) is 0 Å². The molecule has 2 aromatic carbocycles. The number of aliphatic carboxylic acids is 2. The van der Waals surface area contributed by atoms with E-state index in [-0.39, 0.29) is 61.5 Å². The van der Waals surface area contributed by atoms with Crippen molar-refractivity contribution < 1.29 is 127 Å². The van der Waals surface area contributed by atoms with Crippen LogP contribution in [-0.2, 0) is 75.3 Å². The summed E-state index contributed by atoms with van der Waals surface area (Å²) < 4.78 is 37.2. The second kappa shape index (κ2) is 32.3. The summed E-state index contributed by atoms with van der Waals surface area (Å²) in [5.41, 5.74) is 2.36. The zero-order chi connectivity index (χ0) is 57.3. The number of amides is 3. The van der Waals surface area contributed by atoms with Crippen molar-refractivity contribution in [2.75, 3.05) is 10.6 Å². The molecule has 10 atom stereocenters. The van der Waals surface area contributed by atoms with E-state index in [1.165, 1.54) is 36.4 Å². The molecule has 2 aromatic rings. The molecule has 3 aliphatic rings. The summed E-state index contributed by atoms with van der Waals surface area (Å²) in [5, 5.41) is 107. The number of aliphatic hydroxyl groups is 7. The third kappa shape index (κ3) is 20.9. The maximum atomic E-state index is 11.8. The largest absolute Gasteiger partial charge is 0.794 e. The number of aromatic hydroxyl groups is 1. The molecule has 5 rings (SSSR count). The number of anilines is 2. The van der Waals surface area contributed by atoms with E-state index in [1.807, 2.05) is 0 Å². The fraction of sp³-hybridized carbons (Fsp3) is 0.400. The van der Waals surface area contributed by atoms with Crippen LogP contribution in [0.25, 0.3) is 0 Å². The lowest BCUT2D eigenvalue weighted by molar-refractivity contribution is -0.279. The zero-order valence-electron chi connectivity index (χ0n) is 40.8. The van der Waals surface area contributed by atoms with Crippen LogP contribution in [0.5, 0.6) is 11.5 Å². The molecule has 0 saturated carbocycles. The summed E-state index contributed by atoms with van der Waals surface area (Å²) in [7, 11) is 0. The third-order valence-electron chi connectivity index (χ3n) is 9.42. The Morgan fingerprint density at radius 1 is 0.712 bits per heavy atom. The lowest BCUT2D eigenvalue weighted by Gasteiger charge is -2.38. The molecular weight excluding hydrogens is 982 g/mol. The number of phenols is 1. The lowest BCUT2D eigenvalue weighted by atomic mass is 9.99. The molecule has 402 valence electrons. The minimum absolute atomic E-state index is 0. The molecule has 2 fully saturated rings. The van der Waals surface area contributed by atoms with Gasteiger partial charge in [-0.25, -0.2) is 14.7 Å². The van der Waals surface area contributed by atoms with Crippen LogP contribution in [0.2, 0.25) is 0 Å². The highest BCUT2D eigenvalue weighted by molar-refractivity contribution is 6.08. The number of rotatable bonds is 14. The number of phenolic OH excluding ortho intramolecular Hbond substituents is 1. The number of carboxylic acids is 2. The second-order valence-corrected chi connectivity index (χ2v) is 14.7. The fourth-order valence-electron chi connectivity index (χ4n) is 5.60. The standard InChI is InChI=1S/C17H21NO10.C11H13NO4.C10H11NO2.C6H10O7.CHO2.H2/c1-2-11(20)18-9-5-8(6-26-7-19)3-4-10(9)27-17-14(23)12(21)13(22)15(28-17)16(24)25;1-2-11(15)12-9-5-8(6-16-7-13)3-4-10(9)14;1-3-10(13)11-8-6-7(2)4-5-9(8)12;7-1-2(8)4(5(10)11)13-6(12)3(1)9;2-1-3;/h3-5,7,12-15,17,21-23H,2,6H2,1H3,(H,18,20)(H,24,25);3-5,7,14H,2,6H2,1H3,(H,12,15);4-6H,2-3H2,1H3,(H,11,13);1-4,6-9,12H,(H,10,11);(H,2,3);1H/q;;;;+1;/t12-,13-,14?,15?,17+;;;1-,2-,3?,4?,6+;;/m0..0../s1/i2*7D;;;;1+1. The first-order valence-electron chi connectivity index (χ1n) is 22.1. The zero-order valence-corrected chi connectivity index (χ0v) is 38.8. The molecule has 0 radical (unpaired) electrons. The number of carboxylic acid groups (broad SMARTS) is 2. The molecule has 73 heavy (non-hydrogen) atoms. The molecule has 4 unspecified atom stereocenters. The van der Waals surface area contributed by atoms with Gasteiger partial charge in [-0.05, 0) is 53.1 Å². The summed E-state index contributed by atoms with van der Waals surface area (Å²) in [6, 6.07) is 8.59. The Hall–Kier alpha value is -7.76. The van der Waals surface area contributed by atoms with E-state index in [1.54, 1.807) is 39.0 Å². The molecule has 1 aliphatic carbocycles. The van der Waals surface area contributed by atoms with Gasteiger partial charge < -0.3 is 90.7 Å². The molecule has 0 aromatic heterocycles. The first kappa shape index (κ1) is 59.5. The van der Waals surface area contributed by atoms with Crippen molar-refractivity contribution >= 4 is 66.2 Å². The molecule has 0 spiro atoms. The minimum atomic E-state index is -1.87. The highest BCUT2D eigenvalue weighted by atomic mass is 16.7. The first-order chi connectivity index (χ1) is 35.1. The van der Waals surface area contributed by atoms with Crippen molar-refractivity contribution in [1.82, 2.24) is 5.32 Å². The van der Waals surface area contributed by atoms with Gasteiger partial charge >= 0.3 is 18.4 Å². The van der Waals surface area contributed by atoms with E-state index < -0.39 is 92.2 Å². The summed E-state index contributed by atoms with van der Waals surface area (Å²) in [6.45, 7) is 8.87. The number of hydrogen-bond donors (Lipinski definition) is 14. The summed E-state index contributed by atoms with van der Waals surface area (Å²) in [4.78, 5) is 95.9. The highest BCUT2D eigenvalue weighted by Gasteiger charge is 2.48. The number of carbonyl (C=O) groups excluding carboxylic acids is 6. The summed E-state index contributed by atoms with van der Waals surface area (Å²) in [6.07, 6.45) is -14.7. The highest BCUT2D eigenvalue weighted by Crippen LogP contribution is 2.31. The fourth-order valence-corrected chi connectivity index (χ4v) is 5.60. The minimum Gasteiger partial charge on any atom is -0.506 e. The predicted molar refractivity (Wildman–Crippen MR) is 246 cm³/mol. The number of aliphatic hydroxyl groups excluding tert-OH is 8. The third-order valence-corrected chi connectivity index (χ3v) is 9.42. The van der Waals surface area contributed by atoms with Crippen LogP contribution >= 0.6 is 0 Å². The molecular formula is C45H58N3O25+. The van der Waals surface area contributed by atoms with Crippen molar-refractivity contribution in [3.05, 3.63) is 83.6 Å². The van der Waals surface area contributed by atoms with Gasteiger partial charge in [0.2, 0.25) is 29.8 Å². The summed E-state index contributed by atoms with van der Waals surface area (Å²) >= 11 is 0. The number of allylic oxidation sites excluding steroid dienone is 4. The molecule has 3 amide bonds. The van der Waals surface area contributed by atoms with E-state index in [2.05, 4.69) is 36.7 Å². The normalized spacial score (nSPS) is 23.9. The molecule has 2 aliphatic heterocycles. The predicted octanol–water partition coefficient (Wildman–Crippen LogP) is -1.79.